The molecule has 0 saturated carbocycles. The Bertz CT molecular complexity index is 542. The second-order valence-electron chi connectivity index (χ2n) is 7.29. The average molecular weight is 351 g/mol. The zero-order chi connectivity index (χ0) is 15.6. The Kier molecular flexibility index (Phi) is 5.80. The Morgan fingerprint density at radius 1 is 1.17 bits per heavy atom. The van der Waals surface area contributed by atoms with Crippen LogP contribution in [0.4, 0.5) is 0 Å². The minimum atomic E-state index is 0. The number of halogens is 1. The molecule has 0 radical (unpaired) electrons. The molecule has 3 aliphatic rings. The SMILES string of the molecule is Cl.O=C(CC1CC2CCC(C1)N2)N1CCOC(c2ccccc2)C1. The highest BCUT2D eigenvalue weighted by molar-refractivity contribution is 5.85. The molecule has 2 bridgehead atoms. The first kappa shape index (κ1) is 17.7. The quantitative estimate of drug-likeness (QED) is 0.911. The number of ether oxygens (including phenoxy) is 1. The number of nitrogens with one attached hydrogen (secondary N) is 1. The van der Waals surface area contributed by atoms with Crippen LogP contribution in [0.15, 0.2) is 30.3 Å². The van der Waals surface area contributed by atoms with E-state index in [4.69, 9.17) is 4.74 Å². The average Bonchev–Trinajstić information content (AvgIpc) is 2.94. The summed E-state index contributed by atoms with van der Waals surface area (Å²) in [7, 11) is 0. The molecule has 4 rings (SSSR count). The van der Waals surface area contributed by atoms with Gasteiger partial charge in [0.1, 0.15) is 6.10 Å². The van der Waals surface area contributed by atoms with Crippen LogP contribution in [0.25, 0.3) is 0 Å². The molecule has 0 aliphatic carbocycles. The highest BCUT2D eigenvalue weighted by atomic mass is 35.5. The van der Waals surface area contributed by atoms with Crippen molar-refractivity contribution in [3.63, 3.8) is 0 Å². The van der Waals surface area contributed by atoms with Crippen LogP contribution in [0, 0.1) is 5.92 Å². The summed E-state index contributed by atoms with van der Waals surface area (Å²) in [5, 5.41) is 3.66. The minimum Gasteiger partial charge on any atom is -0.370 e. The molecule has 3 unspecified atom stereocenters. The maximum Gasteiger partial charge on any atom is 0.223 e. The molecule has 0 spiro atoms. The molecule has 3 fully saturated rings. The molecule has 24 heavy (non-hydrogen) atoms. The van der Waals surface area contributed by atoms with E-state index in [1.807, 2.05) is 23.1 Å². The predicted molar refractivity (Wildman–Crippen MR) is 96.2 cm³/mol. The number of fused-ring (bicyclic) bond motifs is 2. The molecule has 3 heterocycles. The zero-order valence-corrected chi connectivity index (χ0v) is 14.8. The van der Waals surface area contributed by atoms with Crippen LogP contribution in [-0.4, -0.2) is 42.6 Å². The Hall–Kier alpha value is -1.10. The number of benzene rings is 1. The van der Waals surface area contributed by atoms with Crippen molar-refractivity contribution in [2.24, 2.45) is 5.92 Å². The van der Waals surface area contributed by atoms with E-state index >= 15 is 0 Å². The second-order valence-corrected chi connectivity index (χ2v) is 7.29. The third-order valence-corrected chi connectivity index (χ3v) is 5.62. The molecular formula is C19H27ClN2O2. The van der Waals surface area contributed by atoms with E-state index in [0.29, 0.717) is 37.1 Å². The van der Waals surface area contributed by atoms with E-state index < -0.39 is 0 Å². The number of piperidine rings is 1. The van der Waals surface area contributed by atoms with Gasteiger partial charge >= 0.3 is 0 Å². The zero-order valence-electron chi connectivity index (χ0n) is 14.0. The first-order chi connectivity index (χ1) is 11.3. The molecule has 1 aromatic rings. The number of morpholine rings is 1. The number of hydrogen-bond donors (Lipinski definition) is 1. The van der Waals surface area contributed by atoms with E-state index in [1.165, 1.54) is 31.2 Å². The maximum absolute atomic E-state index is 12.7. The molecule has 0 aromatic heterocycles. The minimum absolute atomic E-state index is 0. The van der Waals surface area contributed by atoms with E-state index in [1.54, 1.807) is 0 Å². The van der Waals surface area contributed by atoms with Gasteiger partial charge in [0.2, 0.25) is 5.91 Å². The lowest BCUT2D eigenvalue weighted by Crippen LogP contribution is -2.44. The van der Waals surface area contributed by atoms with E-state index in [9.17, 15) is 4.79 Å². The van der Waals surface area contributed by atoms with Gasteiger partial charge in [0.25, 0.3) is 0 Å². The Labute approximate surface area is 150 Å². The van der Waals surface area contributed by atoms with Gasteiger partial charge in [0.15, 0.2) is 0 Å². The number of amides is 1. The van der Waals surface area contributed by atoms with Gasteiger partial charge in [0.05, 0.1) is 13.2 Å². The van der Waals surface area contributed by atoms with Crippen molar-refractivity contribution < 1.29 is 9.53 Å². The lowest BCUT2D eigenvalue weighted by molar-refractivity contribution is -0.140. The number of nitrogens with zero attached hydrogens (tertiary/aromatic N) is 1. The third kappa shape index (κ3) is 3.93. The summed E-state index contributed by atoms with van der Waals surface area (Å²) in [6.45, 7) is 2.07. The molecule has 4 nitrogen and oxygen atoms in total. The molecule has 1 N–H and O–H groups in total. The van der Waals surface area contributed by atoms with Crippen molar-refractivity contribution in [1.29, 1.82) is 0 Å². The number of rotatable bonds is 3. The number of carbonyl (C=O) groups is 1. The van der Waals surface area contributed by atoms with Crippen molar-refractivity contribution in [3.05, 3.63) is 35.9 Å². The fraction of sp³-hybridized carbons (Fsp3) is 0.632. The summed E-state index contributed by atoms with van der Waals surface area (Å²) in [4.78, 5) is 14.7. The fourth-order valence-corrected chi connectivity index (χ4v) is 4.46. The van der Waals surface area contributed by atoms with Crippen molar-refractivity contribution in [1.82, 2.24) is 10.2 Å². The maximum atomic E-state index is 12.7. The van der Waals surface area contributed by atoms with Crippen molar-refractivity contribution in [2.45, 2.75) is 50.3 Å². The van der Waals surface area contributed by atoms with Crippen LogP contribution < -0.4 is 5.32 Å². The highest BCUT2D eigenvalue weighted by Crippen LogP contribution is 2.33. The number of hydrogen-bond acceptors (Lipinski definition) is 3. The Morgan fingerprint density at radius 3 is 2.58 bits per heavy atom. The monoisotopic (exact) mass is 350 g/mol. The predicted octanol–water partition coefficient (Wildman–Crippen LogP) is 2.93. The van der Waals surface area contributed by atoms with E-state index in [2.05, 4.69) is 17.4 Å². The van der Waals surface area contributed by atoms with Gasteiger partial charge in [-0.15, -0.1) is 12.4 Å². The van der Waals surface area contributed by atoms with Gasteiger partial charge in [-0.3, -0.25) is 4.79 Å². The topological polar surface area (TPSA) is 41.6 Å². The second kappa shape index (κ2) is 7.85. The third-order valence-electron chi connectivity index (χ3n) is 5.62. The van der Waals surface area contributed by atoms with Crippen LogP contribution in [0.5, 0.6) is 0 Å². The summed E-state index contributed by atoms with van der Waals surface area (Å²) < 4.78 is 5.87. The van der Waals surface area contributed by atoms with E-state index in [0.717, 1.165) is 13.0 Å². The lowest BCUT2D eigenvalue weighted by Gasteiger charge is -2.35. The molecule has 3 aliphatic heterocycles. The first-order valence-electron chi connectivity index (χ1n) is 8.98. The van der Waals surface area contributed by atoms with Crippen LogP contribution >= 0.6 is 12.4 Å². The van der Waals surface area contributed by atoms with Gasteiger partial charge < -0.3 is 15.0 Å². The summed E-state index contributed by atoms with van der Waals surface area (Å²) in [5.41, 5.74) is 1.17. The molecule has 5 heteroatoms. The van der Waals surface area contributed by atoms with Crippen LogP contribution in [0.1, 0.15) is 43.8 Å². The summed E-state index contributed by atoms with van der Waals surface area (Å²) in [5.74, 6) is 0.889. The van der Waals surface area contributed by atoms with Gasteiger partial charge in [-0.1, -0.05) is 30.3 Å². The summed E-state index contributed by atoms with van der Waals surface area (Å²) in [6.07, 6.45) is 5.68. The highest BCUT2D eigenvalue weighted by Gasteiger charge is 2.35. The van der Waals surface area contributed by atoms with Crippen molar-refractivity contribution >= 4 is 18.3 Å². The molecule has 3 saturated heterocycles. The van der Waals surface area contributed by atoms with Gasteiger partial charge in [-0.2, -0.15) is 0 Å². The Morgan fingerprint density at radius 2 is 1.88 bits per heavy atom. The number of carbonyl (C=O) groups excluding carboxylic acids is 1. The standard InChI is InChI=1S/C19H26N2O2.ClH/c22-19(12-14-10-16-6-7-17(11-14)20-16)21-8-9-23-18(13-21)15-4-2-1-3-5-15;/h1-5,14,16-18,20H,6-13H2;1H. The smallest absolute Gasteiger partial charge is 0.223 e. The van der Waals surface area contributed by atoms with Crippen LogP contribution in [0.2, 0.25) is 0 Å². The largest absolute Gasteiger partial charge is 0.370 e. The molecular weight excluding hydrogens is 324 g/mol. The van der Waals surface area contributed by atoms with Gasteiger partial charge in [-0.05, 0) is 37.2 Å². The first-order valence-corrected chi connectivity index (χ1v) is 8.98. The van der Waals surface area contributed by atoms with Crippen LogP contribution in [0.3, 0.4) is 0 Å². The molecule has 1 amide bonds. The normalized spacial score (nSPS) is 32.2. The van der Waals surface area contributed by atoms with E-state index in [-0.39, 0.29) is 18.5 Å². The summed E-state index contributed by atoms with van der Waals surface area (Å²) >= 11 is 0. The van der Waals surface area contributed by atoms with Crippen molar-refractivity contribution in [3.8, 4) is 0 Å². The summed E-state index contributed by atoms with van der Waals surface area (Å²) in [6, 6.07) is 11.6. The lowest BCUT2D eigenvalue weighted by atomic mass is 9.89. The van der Waals surface area contributed by atoms with Crippen LogP contribution in [-0.2, 0) is 9.53 Å². The molecule has 132 valence electrons. The van der Waals surface area contributed by atoms with Gasteiger partial charge in [-0.25, -0.2) is 0 Å². The van der Waals surface area contributed by atoms with Crippen molar-refractivity contribution in [2.75, 3.05) is 19.7 Å². The van der Waals surface area contributed by atoms with Gasteiger partial charge in [0, 0.05) is 25.0 Å². The Balaban J connectivity index is 0.00000169. The molecule has 3 atom stereocenters. The fourth-order valence-electron chi connectivity index (χ4n) is 4.46. The molecule has 1 aromatic carbocycles.